The molecule has 11 heteroatoms. The van der Waals surface area contributed by atoms with E-state index in [0.717, 1.165) is 22.3 Å². The largest absolute Gasteiger partial charge is 0.404 e. The normalized spacial score (nSPS) is 16.7. The molecule has 0 radical (unpaired) electrons. The van der Waals surface area contributed by atoms with E-state index in [4.69, 9.17) is 14.5 Å². The molecule has 4 aromatic carbocycles. The maximum atomic E-state index is 13.2. The maximum Gasteiger partial charge on any atom is 0.318 e. The maximum absolute atomic E-state index is 13.2. The molecule has 2 unspecified atom stereocenters. The molecule has 1 aliphatic rings. The van der Waals surface area contributed by atoms with Crippen LogP contribution in [-0.4, -0.2) is 67.2 Å². The van der Waals surface area contributed by atoms with Gasteiger partial charge in [0.2, 0.25) is 11.9 Å². The van der Waals surface area contributed by atoms with Crippen LogP contribution in [0.2, 0.25) is 0 Å². The number of benzene rings is 4. The van der Waals surface area contributed by atoms with Gasteiger partial charge >= 0.3 is 5.97 Å². The molecule has 1 saturated heterocycles. The molecule has 0 bridgehead atoms. The zero-order valence-electron chi connectivity index (χ0n) is 29.9. The highest BCUT2D eigenvalue weighted by molar-refractivity contribution is 5.92. The number of ether oxygens (including phenoxy) is 2. The smallest absolute Gasteiger partial charge is 0.318 e. The molecule has 2 N–H and O–H groups in total. The molecule has 2 atom stereocenters. The average molecular weight is 711 g/mol. The summed E-state index contributed by atoms with van der Waals surface area (Å²) in [7, 11) is 0. The van der Waals surface area contributed by atoms with Gasteiger partial charge in [0.15, 0.2) is 11.2 Å². The Hall–Kier alpha value is -5.75. The van der Waals surface area contributed by atoms with Gasteiger partial charge in [0, 0.05) is 13.1 Å². The standard InChI is InChI=1S/C42H42N6O5/c1-41(2,3)39(51)53-38-36-37(45-40(46-38)44-34(50)24-29-16-8-4-9-17-29)48(28-43-36)35-26-47(25-33(27-49)52-35)42(30-18-10-5-11-19-30,31-20-12-6-13-21-31)32-22-14-7-15-23-32/h4-23,28,33,35,49H,24-27H2,1-3H3,(H,44,45,46,50). The minimum absolute atomic E-state index is 0.0459. The van der Waals surface area contributed by atoms with Gasteiger partial charge < -0.3 is 14.6 Å². The van der Waals surface area contributed by atoms with Crippen LogP contribution < -0.4 is 10.1 Å². The number of carbonyl (C=O) groups is 2. The minimum atomic E-state index is -0.840. The molecule has 53 heavy (non-hydrogen) atoms. The van der Waals surface area contributed by atoms with Gasteiger partial charge in [-0.2, -0.15) is 9.97 Å². The number of hydrogen-bond donors (Lipinski definition) is 2. The molecule has 6 aromatic rings. The van der Waals surface area contributed by atoms with E-state index in [9.17, 15) is 14.7 Å². The van der Waals surface area contributed by atoms with Crippen LogP contribution in [0.4, 0.5) is 5.95 Å². The van der Waals surface area contributed by atoms with Crippen molar-refractivity contribution in [2.45, 2.75) is 45.1 Å². The summed E-state index contributed by atoms with van der Waals surface area (Å²) < 4.78 is 14.1. The number of rotatable bonds is 10. The molecule has 1 amide bonds. The first-order valence-corrected chi connectivity index (χ1v) is 17.7. The van der Waals surface area contributed by atoms with Crippen LogP contribution in [0.25, 0.3) is 11.2 Å². The Morgan fingerprint density at radius 3 is 1.89 bits per heavy atom. The van der Waals surface area contributed by atoms with Gasteiger partial charge in [0.1, 0.15) is 6.23 Å². The molecular weight excluding hydrogens is 668 g/mol. The van der Waals surface area contributed by atoms with Crippen molar-refractivity contribution in [1.82, 2.24) is 24.4 Å². The van der Waals surface area contributed by atoms with Gasteiger partial charge in [-0.25, -0.2) is 4.98 Å². The van der Waals surface area contributed by atoms with Gasteiger partial charge in [0.05, 0.1) is 36.4 Å². The SMILES string of the molecule is CC(C)(C)C(=O)Oc1nc(NC(=O)Cc2ccccc2)nc2c1ncn2C1CN(C(c2ccccc2)(c2ccccc2)c2ccccc2)CC(CO)O1. The van der Waals surface area contributed by atoms with Crippen LogP contribution in [0.15, 0.2) is 128 Å². The lowest BCUT2D eigenvalue weighted by molar-refractivity contribution is -0.148. The van der Waals surface area contributed by atoms with Crippen molar-refractivity contribution in [2.75, 3.05) is 25.0 Å². The van der Waals surface area contributed by atoms with Crippen molar-refractivity contribution in [2.24, 2.45) is 5.41 Å². The number of aliphatic hydroxyl groups is 1. The number of aromatic nitrogens is 4. The Kier molecular flexibility index (Phi) is 10.1. The third-order valence-corrected chi connectivity index (χ3v) is 9.36. The number of anilines is 1. The Balaban J connectivity index is 1.34. The summed E-state index contributed by atoms with van der Waals surface area (Å²) in [6.07, 6.45) is 0.362. The lowest BCUT2D eigenvalue weighted by Crippen LogP contribution is -2.57. The second-order valence-electron chi connectivity index (χ2n) is 14.1. The van der Waals surface area contributed by atoms with Crippen LogP contribution in [0.3, 0.4) is 0 Å². The van der Waals surface area contributed by atoms with Crippen LogP contribution in [0.1, 0.15) is 49.3 Å². The summed E-state index contributed by atoms with van der Waals surface area (Å²) >= 11 is 0. The number of fused-ring (bicyclic) bond motifs is 1. The van der Waals surface area contributed by atoms with E-state index < -0.39 is 29.3 Å². The fraction of sp³-hybridized carbons (Fsp3) is 0.262. The Labute approximate surface area is 308 Å². The lowest BCUT2D eigenvalue weighted by atomic mass is 9.75. The highest BCUT2D eigenvalue weighted by Crippen LogP contribution is 2.45. The van der Waals surface area contributed by atoms with E-state index in [1.54, 1.807) is 31.7 Å². The molecule has 7 rings (SSSR count). The number of amides is 1. The topological polar surface area (TPSA) is 132 Å². The second-order valence-corrected chi connectivity index (χ2v) is 14.1. The number of esters is 1. The van der Waals surface area contributed by atoms with Gasteiger partial charge in [0.25, 0.3) is 5.88 Å². The minimum Gasteiger partial charge on any atom is -0.404 e. The summed E-state index contributed by atoms with van der Waals surface area (Å²) in [5.74, 6) is -0.987. The van der Waals surface area contributed by atoms with Gasteiger partial charge in [-0.15, -0.1) is 0 Å². The number of nitrogens with zero attached hydrogens (tertiary/aromatic N) is 5. The van der Waals surface area contributed by atoms with Crippen LogP contribution in [0, 0.1) is 5.41 Å². The monoisotopic (exact) mass is 710 g/mol. The fourth-order valence-electron chi connectivity index (χ4n) is 6.85. The molecule has 0 spiro atoms. The van der Waals surface area contributed by atoms with Crippen molar-refractivity contribution >= 4 is 29.0 Å². The van der Waals surface area contributed by atoms with E-state index in [-0.39, 0.29) is 36.3 Å². The molecule has 3 heterocycles. The molecule has 11 nitrogen and oxygen atoms in total. The number of hydrogen-bond acceptors (Lipinski definition) is 9. The molecular formula is C42H42N6O5. The van der Waals surface area contributed by atoms with Gasteiger partial charge in [-0.1, -0.05) is 121 Å². The van der Waals surface area contributed by atoms with Gasteiger partial charge in [-0.3, -0.25) is 24.4 Å². The highest BCUT2D eigenvalue weighted by atomic mass is 16.5. The van der Waals surface area contributed by atoms with E-state index >= 15 is 0 Å². The Morgan fingerprint density at radius 2 is 1.36 bits per heavy atom. The second kappa shape index (κ2) is 15.1. The summed E-state index contributed by atoms with van der Waals surface area (Å²) in [6.45, 7) is 5.74. The highest BCUT2D eigenvalue weighted by Gasteiger charge is 2.46. The molecule has 0 saturated carbocycles. The van der Waals surface area contributed by atoms with Crippen molar-refractivity contribution in [3.05, 3.63) is 150 Å². The number of carbonyl (C=O) groups excluding carboxylic acids is 2. The average Bonchev–Trinajstić information content (AvgIpc) is 3.61. The molecule has 2 aromatic heterocycles. The molecule has 1 aliphatic heterocycles. The zero-order chi connectivity index (χ0) is 37.0. The van der Waals surface area contributed by atoms with E-state index in [1.165, 1.54) is 0 Å². The van der Waals surface area contributed by atoms with Crippen LogP contribution in [0.5, 0.6) is 5.88 Å². The van der Waals surface area contributed by atoms with E-state index in [2.05, 4.69) is 56.6 Å². The Morgan fingerprint density at radius 1 is 0.811 bits per heavy atom. The first-order valence-electron chi connectivity index (χ1n) is 17.7. The summed E-state index contributed by atoms with van der Waals surface area (Å²) in [6, 6.07) is 40.3. The molecule has 270 valence electrons. The van der Waals surface area contributed by atoms with Gasteiger partial charge in [-0.05, 0) is 43.0 Å². The van der Waals surface area contributed by atoms with Crippen molar-refractivity contribution in [3.8, 4) is 5.88 Å². The Bertz CT molecular complexity index is 2080. The number of imidazole rings is 1. The van der Waals surface area contributed by atoms with E-state index in [1.807, 2.05) is 84.9 Å². The quantitative estimate of drug-likeness (QED) is 0.127. The van der Waals surface area contributed by atoms with Crippen LogP contribution >= 0.6 is 0 Å². The van der Waals surface area contributed by atoms with Crippen molar-refractivity contribution < 1.29 is 24.2 Å². The zero-order valence-corrected chi connectivity index (χ0v) is 29.9. The first-order chi connectivity index (χ1) is 25.7. The van der Waals surface area contributed by atoms with Crippen molar-refractivity contribution in [3.63, 3.8) is 0 Å². The summed E-state index contributed by atoms with van der Waals surface area (Å²) in [5, 5.41) is 13.5. The first kappa shape index (κ1) is 35.6. The summed E-state index contributed by atoms with van der Waals surface area (Å²) in [5.41, 5.74) is 2.86. The number of nitrogens with one attached hydrogen (secondary N) is 1. The van der Waals surface area contributed by atoms with Crippen LogP contribution in [-0.2, 0) is 26.3 Å². The molecule has 0 aliphatic carbocycles. The summed E-state index contributed by atoms with van der Waals surface area (Å²) in [4.78, 5) is 42.5. The number of morpholine rings is 1. The third-order valence-electron chi connectivity index (χ3n) is 9.36. The van der Waals surface area contributed by atoms with E-state index in [0.29, 0.717) is 18.7 Å². The fourth-order valence-corrected chi connectivity index (χ4v) is 6.85. The number of aliphatic hydroxyl groups excluding tert-OH is 1. The predicted octanol–water partition coefficient (Wildman–Crippen LogP) is 6.14. The lowest BCUT2D eigenvalue weighted by Gasteiger charge is -2.50. The molecule has 1 fully saturated rings. The third kappa shape index (κ3) is 7.32. The van der Waals surface area contributed by atoms with Crippen molar-refractivity contribution in [1.29, 1.82) is 0 Å². The predicted molar refractivity (Wildman–Crippen MR) is 201 cm³/mol.